The molecule has 0 aliphatic rings. The number of nitrogens with one attached hydrogen (secondary N) is 1. The van der Waals surface area contributed by atoms with E-state index in [1.54, 1.807) is 37.3 Å². The zero-order valence-electron chi connectivity index (χ0n) is 20.0. The van der Waals surface area contributed by atoms with Gasteiger partial charge in [0, 0.05) is 18.0 Å². The Morgan fingerprint density at radius 2 is 1.95 bits per heavy atom. The molecule has 0 aliphatic heterocycles. The molecule has 8 nitrogen and oxygen atoms in total. The van der Waals surface area contributed by atoms with Crippen molar-refractivity contribution < 1.29 is 19.1 Å². The molecule has 12 heteroatoms. The summed E-state index contributed by atoms with van der Waals surface area (Å²) in [5.74, 6) is 0.576. The first-order chi connectivity index (χ1) is 17.8. The minimum absolute atomic E-state index is 0.0629. The Balaban J connectivity index is 1.56. The number of nitrogens with zero attached hydrogens (tertiary/aromatic N) is 3. The average Bonchev–Trinajstić information content (AvgIpc) is 3.24. The number of thioether (sulfide) groups is 1. The number of carbonyl (C=O) groups is 2. The molecule has 37 heavy (non-hydrogen) atoms. The summed E-state index contributed by atoms with van der Waals surface area (Å²) in [7, 11) is 0. The zero-order valence-corrected chi connectivity index (χ0v) is 23.1. The summed E-state index contributed by atoms with van der Waals surface area (Å²) in [6.45, 7) is 6.68. The third-order valence-electron chi connectivity index (χ3n) is 4.89. The summed E-state index contributed by atoms with van der Waals surface area (Å²) in [6, 6.07) is 9.64. The number of carbonyl (C=O) groups excluding carboxylic acids is 2. The lowest BCUT2D eigenvalue weighted by Gasteiger charge is -2.10. The number of hydrogen-bond donors (Lipinski definition) is 1. The topological polar surface area (TPSA) is 95.3 Å². The molecule has 0 saturated carbocycles. The minimum atomic E-state index is -0.490. The van der Waals surface area contributed by atoms with Gasteiger partial charge in [0.25, 0.3) is 0 Å². The van der Waals surface area contributed by atoms with Crippen LogP contribution in [0.25, 0.3) is 0 Å². The number of esters is 1. The van der Waals surface area contributed by atoms with Crippen molar-refractivity contribution >= 4 is 64.1 Å². The third-order valence-corrected chi connectivity index (χ3v) is 6.71. The van der Waals surface area contributed by atoms with Gasteiger partial charge in [-0.2, -0.15) is 0 Å². The summed E-state index contributed by atoms with van der Waals surface area (Å²) in [6.07, 6.45) is 3.02. The van der Waals surface area contributed by atoms with E-state index in [1.165, 1.54) is 23.9 Å². The average molecular weight is 584 g/mol. The normalized spacial score (nSPS) is 10.7. The van der Waals surface area contributed by atoms with E-state index in [4.69, 9.17) is 44.3 Å². The number of ether oxygens (including phenoxy) is 2. The predicted octanol–water partition coefficient (Wildman–Crippen LogP) is 6.34. The number of anilines is 1. The molecule has 3 rings (SSSR count). The van der Waals surface area contributed by atoms with Crippen LogP contribution < -0.4 is 10.1 Å². The second kappa shape index (κ2) is 14.3. The molecule has 0 radical (unpaired) electrons. The van der Waals surface area contributed by atoms with E-state index in [1.807, 2.05) is 4.57 Å². The molecule has 0 bridgehead atoms. The van der Waals surface area contributed by atoms with Crippen LogP contribution in [0.1, 0.15) is 29.5 Å². The number of hydrogen-bond acceptors (Lipinski definition) is 7. The lowest BCUT2D eigenvalue weighted by molar-refractivity contribution is -0.113. The van der Waals surface area contributed by atoms with Crippen LogP contribution in [-0.2, 0) is 22.5 Å². The minimum Gasteiger partial charge on any atom is -0.492 e. The summed E-state index contributed by atoms with van der Waals surface area (Å²) in [5.41, 5.74) is 0.624. The zero-order chi connectivity index (χ0) is 26.8. The molecule has 0 spiro atoms. The number of allylic oxidation sites excluding steroid dienone is 1. The van der Waals surface area contributed by atoms with Crippen LogP contribution in [0.2, 0.25) is 15.1 Å². The second-order valence-corrected chi connectivity index (χ2v) is 9.77. The quantitative estimate of drug-likeness (QED) is 0.108. The van der Waals surface area contributed by atoms with E-state index in [0.717, 1.165) is 5.82 Å². The van der Waals surface area contributed by atoms with E-state index >= 15 is 0 Å². The molecule has 0 atom stereocenters. The van der Waals surface area contributed by atoms with Crippen molar-refractivity contribution in [3.8, 4) is 5.75 Å². The van der Waals surface area contributed by atoms with E-state index in [-0.39, 0.29) is 18.3 Å². The first kappa shape index (κ1) is 28.8. The van der Waals surface area contributed by atoms with Crippen molar-refractivity contribution in [3.05, 3.63) is 75.5 Å². The third kappa shape index (κ3) is 8.39. The highest BCUT2D eigenvalue weighted by Gasteiger charge is 2.16. The monoisotopic (exact) mass is 582 g/mol. The summed E-state index contributed by atoms with van der Waals surface area (Å²) in [5, 5.41) is 13.1. The number of aryl methyl sites for hydroxylation is 1. The van der Waals surface area contributed by atoms with E-state index in [0.29, 0.717) is 63.2 Å². The summed E-state index contributed by atoms with van der Waals surface area (Å²) in [4.78, 5) is 24.6. The van der Waals surface area contributed by atoms with Crippen molar-refractivity contribution in [2.45, 2.75) is 31.5 Å². The van der Waals surface area contributed by atoms with Crippen molar-refractivity contribution in [2.75, 3.05) is 24.3 Å². The second-order valence-electron chi connectivity index (χ2n) is 7.58. The lowest BCUT2D eigenvalue weighted by atomic mass is 10.2. The molecule has 1 amide bonds. The van der Waals surface area contributed by atoms with E-state index in [2.05, 4.69) is 22.1 Å². The first-order valence-electron chi connectivity index (χ1n) is 11.3. The van der Waals surface area contributed by atoms with Crippen molar-refractivity contribution in [1.82, 2.24) is 14.8 Å². The van der Waals surface area contributed by atoms with Crippen LogP contribution in [0.4, 0.5) is 5.69 Å². The number of halogens is 3. The number of benzene rings is 2. The van der Waals surface area contributed by atoms with Crippen molar-refractivity contribution in [2.24, 2.45) is 0 Å². The predicted molar refractivity (Wildman–Crippen MR) is 147 cm³/mol. The molecular formula is C25H25Cl3N4O4S. The van der Waals surface area contributed by atoms with Gasteiger partial charge in [-0.15, -0.1) is 16.8 Å². The maximum Gasteiger partial charge on any atom is 0.338 e. The maximum absolute atomic E-state index is 12.6. The molecule has 0 saturated heterocycles. The number of rotatable bonds is 13. The van der Waals surface area contributed by atoms with Gasteiger partial charge < -0.3 is 19.4 Å². The highest BCUT2D eigenvalue weighted by atomic mass is 35.5. The van der Waals surface area contributed by atoms with Gasteiger partial charge in [0.2, 0.25) is 5.91 Å². The Labute approximate surface area is 234 Å². The van der Waals surface area contributed by atoms with Crippen LogP contribution in [-0.4, -0.2) is 45.6 Å². The van der Waals surface area contributed by atoms with Crippen LogP contribution in [0.3, 0.4) is 0 Å². The molecular weight excluding hydrogens is 559 g/mol. The standard InChI is InChI=1S/C25H25Cl3N4O4S/c1-3-11-32-22(6-5-12-36-21-10-8-17(26)14-19(21)28)30-31-25(32)37-15-23(33)29-20-13-16(7-9-18(20)27)24(34)35-4-2/h3,7-10,13-14H,1,4-6,11-12,15H2,2H3,(H,29,33). The van der Waals surface area contributed by atoms with E-state index in [9.17, 15) is 9.59 Å². The van der Waals surface area contributed by atoms with Gasteiger partial charge in [-0.3, -0.25) is 4.79 Å². The molecule has 2 aromatic carbocycles. The van der Waals surface area contributed by atoms with Gasteiger partial charge in [0.1, 0.15) is 11.6 Å². The highest BCUT2D eigenvalue weighted by Crippen LogP contribution is 2.28. The van der Waals surface area contributed by atoms with Gasteiger partial charge in [0.15, 0.2) is 5.16 Å². The summed E-state index contributed by atoms with van der Waals surface area (Å²) >= 11 is 19.5. The Morgan fingerprint density at radius 3 is 2.68 bits per heavy atom. The van der Waals surface area contributed by atoms with Gasteiger partial charge in [-0.25, -0.2) is 4.79 Å². The number of aromatic nitrogens is 3. The SMILES string of the molecule is C=CCn1c(CCCOc2ccc(Cl)cc2Cl)nnc1SCC(=O)Nc1cc(C(=O)OCC)ccc1Cl. The van der Waals surface area contributed by atoms with Crippen molar-refractivity contribution in [1.29, 1.82) is 0 Å². The van der Waals surface area contributed by atoms with Crippen LogP contribution >= 0.6 is 46.6 Å². The number of amides is 1. The van der Waals surface area contributed by atoms with Gasteiger partial charge in [-0.1, -0.05) is 52.6 Å². The highest BCUT2D eigenvalue weighted by molar-refractivity contribution is 7.99. The van der Waals surface area contributed by atoms with Crippen LogP contribution in [0.5, 0.6) is 5.75 Å². The fraction of sp³-hybridized carbons (Fsp3) is 0.280. The Morgan fingerprint density at radius 1 is 1.14 bits per heavy atom. The Bertz CT molecular complexity index is 1270. The van der Waals surface area contributed by atoms with Gasteiger partial charge in [-0.05, 0) is 49.7 Å². The molecule has 3 aromatic rings. The molecule has 0 fully saturated rings. The van der Waals surface area contributed by atoms with Crippen molar-refractivity contribution in [3.63, 3.8) is 0 Å². The summed E-state index contributed by atoms with van der Waals surface area (Å²) < 4.78 is 12.6. The van der Waals surface area contributed by atoms with Crippen LogP contribution in [0, 0.1) is 0 Å². The fourth-order valence-electron chi connectivity index (χ4n) is 3.21. The molecule has 1 aromatic heterocycles. The maximum atomic E-state index is 12.6. The smallest absolute Gasteiger partial charge is 0.338 e. The Hall–Kier alpha value is -2.72. The fourth-order valence-corrected chi connectivity index (χ4v) is 4.60. The molecule has 1 N–H and O–H groups in total. The molecule has 0 unspecified atom stereocenters. The Kier molecular flexibility index (Phi) is 11.1. The van der Waals surface area contributed by atoms with Crippen LogP contribution in [0.15, 0.2) is 54.2 Å². The van der Waals surface area contributed by atoms with E-state index < -0.39 is 5.97 Å². The van der Waals surface area contributed by atoms with Gasteiger partial charge in [0.05, 0.1) is 40.3 Å². The molecule has 0 aliphatic carbocycles. The largest absolute Gasteiger partial charge is 0.492 e. The first-order valence-corrected chi connectivity index (χ1v) is 13.4. The molecule has 196 valence electrons. The molecule has 1 heterocycles. The lowest BCUT2D eigenvalue weighted by Crippen LogP contribution is -2.16. The van der Waals surface area contributed by atoms with Gasteiger partial charge >= 0.3 is 5.97 Å².